The summed E-state index contributed by atoms with van der Waals surface area (Å²) in [4.78, 5) is 15.1. The molecular weight excluding hydrogens is 260 g/mol. The van der Waals surface area contributed by atoms with Crippen LogP contribution in [-0.4, -0.2) is 21.5 Å². The fourth-order valence-corrected chi connectivity index (χ4v) is 2.06. The Hall–Kier alpha value is -1.68. The monoisotopic (exact) mass is 276 g/mol. The number of hydrogen-bond acceptors (Lipinski definition) is 4. The first kappa shape index (κ1) is 13.7. The largest absolute Gasteiger partial charge is 0.337 e. The highest BCUT2D eigenvalue weighted by molar-refractivity contribution is 6.17. The molecule has 19 heavy (non-hydrogen) atoms. The molecule has 0 saturated carbocycles. The normalized spacial score (nSPS) is 10.5. The van der Waals surface area contributed by atoms with Crippen molar-refractivity contribution in [3.05, 3.63) is 47.5 Å². The van der Waals surface area contributed by atoms with Gasteiger partial charge in [-0.25, -0.2) is 9.97 Å². The maximum atomic E-state index is 5.83. The molecule has 4 nitrogen and oxygen atoms in total. The van der Waals surface area contributed by atoms with E-state index in [0.29, 0.717) is 5.88 Å². The van der Waals surface area contributed by atoms with Crippen LogP contribution in [0.3, 0.4) is 0 Å². The predicted molar refractivity (Wildman–Crippen MR) is 77.3 cm³/mol. The minimum Gasteiger partial charge on any atom is -0.337 e. The average molecular weight is 277 g/mol. The minimum absolute atomic E-state index is 0.447. The summed E-state index contributed by atoms with van der Waals surface area (Å²) in [7, 11) is 0. The van der Waals surface area contributed by atoms with E-state index < -0.39 is 0 Å². The quantitative estimate of drug-likeness (QED) is 0.788. The maximum Gasteiger partial charge on any atom is 0.225 e. The van der Waals surface area contributed by atoms with Gasteiger partial charge in [-0.1, -0.05) is 0 Å². The van der Waals surface area contributed by atoms with Crippen LogP contribution in [0.1, 0.15) is 23.7 Å². The number of aryl methyl sites for hydroxylation is 1. The predicted octanol–water partition coefficient (Wildman–Crippen LogP) is 2.95. The van der Waals surface area contributed by atoms with Crippen molar-refractivity contribution in [2.75, 3.05) is 11.4 Å². The van der Waals surface area contributed by atoms with Gasteiger partial charge >= 0.3 is 0 Å². The molecule has 0 radical (unpaired) electrons. The summed E-state index contributed by atoms with van der Waals surface area (Å²) in [6, 6.07) is 4.01. The molecule has 0 amide bonds. The molecule has 2 rings (SSSR count). The number of nitrogens with zero attached hydrogens (tertiary/aromatic N) is 4. The van der Waals surface area contributed by atoms with Crippen molar-refractivity contribution in [1.29, 1.82) is 0 Å². The van der Waals surface area contributed by atoms with Crippen LogP contribution in [0, 0.1) is 6.92 Å². The van der Waals surface area contributed by atoms with Crippen molar-refractivity contribution in [3.63, 3.8) is 0 Å². The molecule has 0 aliphatic carbocycles. The fourth-order valence-electron chi connectivity index (χ4n) is 1.80. The van der Waals surface area contributed by atoms with Gasteiger partial charge in [-0.2, -0.15) is 0 Å². The summed E-state index contributed by atoms with van der Waals surface area (Å²) in [5, 5.41) is 0. The second-order valence-corrected chi connectivity index (χ2v) is 4.55. The molecule has 0 N–H and O–H groups in total. The minimum atomic E-state index is 0.447. The molecule has 0 spiro atoms. The van der Waals surface area contributed by atoms with E-state index in [-0.39, 0.29) is 0 Å². The first-order valence-electron chi connectivity index (χ1n) is 6.27. The summed E-state index contributed by atoms with van der Waals surface area (Å²) in [5.74, 6) is 1.19. The van der Waals surface area contributed by atoms with E-state index in [0.717, 1.165) is 30.3 Å². The number of anilines is 1. The second kappa shape index (κ2) is 6.48. The van der Waals surface area contributed by atoms with E-state index in [9.17, 15) is 0 Å². The van der Waals surface area contributed by atoms with Gasteiger partial charge in [0.15, 0.2) is 0 Å². The Balaban J connectivity index is 2.20. The standard InChI is InChI=1S/C14H17ClN4/c1-3-19(10-12-4-6-16-7-5-12)14-17-9-13(8-15)11(2)18-14/h4-7,9H,3,8,10H2,1-2H3. The van der Waals surface area contributed by atoms with Crippen LogP contribution in [0.25, 0.3) is 0 Å². The smallest absolute Gasteiger partial charge is 0.225 e. The fraction of sp³-hybridized carbons (Fsp3) is 0.357. The molecule has 5 heteroatoms. The van der Waals surface area contributed by atoms with Crippen LogP contribution >= 0.6 is 11.6 Å². The second-order valence-electron chi connectivity index (χ2n) is 4.28. The topological polar surface area (TPSA) is 41.9 Å². The van der Waals surface area contributed by atoms with Crippen molar-refractivity contribution in [2.45, 2.75) is 26.3 Å². The van der Waals surface area contributed by atoms with E-state index in [1.54, 1.807) is 18.6 Å². The third kappa shape index (κ3) is 3.41. The van der Waals surface area contributed by atoms with Gasteiger partial charge in [0.05, 0.1) is 5.88 Å². The highest BCUT2D eigenvalue weighted by Gasteiger charge is 2.10. The van der Waals surface area contributed by atoms with E-state index in [2.05, 4.69) is 26.8 Å². The van der Waals surface area contributed by atoms with E-state index in [1.165, 1.54) is 5.56 Å². The third-order valence-electron chi connectivity index (χ3n) is 3.00. The van der Waals surface area contributed by atoms with Crippen LogP contribution in [0.5, 0.6) is 0 Å². The zero-order chi connectivity index (χ0) is 13.7. The lowest BCUT2D eigenvalue weighted by molar-refractivity contribution is 0.783. The average Bonchev–Trinajstić information content (AvgIpc) is 2.46. The number of pyridine rings is 1. The molecule has 2 heterocycles. The van der Waals surface area contributed by atoms with Crippen LogP contribution in [-0.2, 0) is 12.4 Å². The van der Waals surface area contributed by atoms with Gasteiger partial charge in [0.2, 0.25) is 5.95 Å². The molecule has 0 aromatic carbocycles. The molecule has 2 aromatic rings. The van der Waals surface area contributed by atoms with Crippen LogP contribution in [0.15, 0.2) is 30.7 Å². The number of halogens is 1. The number of hydrogen-bond donors (Lipinski definition) is 0. The lowest BCUT2D eigenvalue weighted by atomic mass is 10.2. The number of aromatic nitrogens is 3. The van der Waals surface area contributed by atoms with Crippen LogP contribution < -0.4 is 4.90 Å². The molecule has 0 saturated heterocycles. The highest BCUT2D eigenvalue weighted by Crippen LogP contribution is 2.15. The van der Waals surface area contributed by atoms with Crippen molar-refractivity contribution < 1.29 is 0 Å². The molecule has 0 bridgehead atoms. The molecule has 0 atom stereocenters. The molecular formula is C14H17ClN4. The van der Waals surface area contributed by atoms with Crippen molar-refractivity contribution in [1.82, 2.24) is 15.0 Å². The summed E-state index contributed by atoms with van der Waals surface area (Å²) in [5.41, 5.74) is 3.11. The van der Waals surface area contributed by atoms with Gasteiger partial charge in [0, 0.05) is 42.9 Å². The van der Waals surface area contributed by atoms with Crippen molar-refractivity contribution in [3.8, 4) is 0 Å². The third-order valence-corrected chi connectivity index (χ3v) is 3.29. The summed E-state index contributed by atoms with van der Waals surface area (Å²) in [6.07, 6.45) is 5.40. The summed E-state index contributed by atoms with van der Waals surface area (Å²) in [6.45, 7) is 5.68. The zero-order valence-corrected chi connectivity index (χ0v) is 11.9. The summed E-state index contributed by atoms with van der Waals surface area (Å²) >= 11 is 5.83. The Morgan fingerprint density at radius 3 is 2.58 bits per heavy atom. The lowest BCUT2D eigenvalue weighted by Gasteiger charge is -2.21. The van der Waals surface area contributed by atoms with Gasteiger partial charge in [-0.05, 0) is 31.5 Å². The molecule has 100 valence electrons. The first-order valence-corrected chi connectivity index (χ1v) is 6.80. The first-order chi connectivity index (χ1) is 9.24. The molecule has 0 unspecified atom stereocenters. The van der Waals surface area contributed by atoms with Crippen molar-refractivity contribution in [2.24, 2.45) is 0 Å². The lowest BCUT2D eigenvalue weighted by Crippen LogP contribution is -2.24. The Labute approximate surface area is 118 Å². The van der Waals surface area contributed by atoms with E-state index >= 15 is 0 Å². The van der Waals surface area contributed by atoms with Gasteiger partial charge in [-0.3, -0.25) is 4.98 Å². The maximum absolute atomic E-state index is 5.83. The Morgan fingerprint density at radius 1 is 1.26 bits per heavy atom. The van der Waals surface area contributed by atoms with Gasteiger partial charge in [-0.15, -0.1) is 11.6 Å². The van der Waals surface area contributed by atoms with Gasteiger partial charge in [0.25, 0.3) is 0 Å². The van der Waals surface area contributed by atoms with Gasteiger partial charge in [0.1, 0.15) is 0 Å². The van der Waals surface area contributed by atoms with Crippen molar-refractivity contribution >= 4 is 17.5 Å². The highest BCUT2D eigenvalue weighted by atomic mass is 35.5. The molecule has 2 aromatic heterocycles. The Morgan fingerprint density at radius 2 is 2.00 bits per heavy atom. The van der Waals surface area contributed by atoms with Gasteiger partial charge < -0.3 is 4.90 Å². The zero-order valence-electron chi connectivity index (χ0n) is 11.2. The number of alkyl halides is 1. The Bertz CT molecular complexity index is 530. The van der Waals surface area contributed by atoms with E-state index in [4.69, 9.17) is 11.6 Å². The SMILES string of the molecule is CCN(Cc1ccncc1)c1ncc(CCl)c(C)n1. The number of rotatable bonds is 5. The van der Waals surface area contributed by atoms with Crippen LogP contribution in [0.2, 0.25) is 0 Å². The molecule has 0 fully saturated rings. The van der Waals surface area contributed by atoms with Crippen LogP contribution in [0.4, 0.5) is 5.95 Å². The van der Waals surface area contributed by atoms with E-state index in [1.807, 2.05) is 19.1 Å². The molecule has 0 aliphatic heterocycles. The molecule has 0 aliphatic rings. The Kier molecular flexibility index (Phi) is 4.68. The summed E-state index contributed by atoms with van der Waals surface area (Å²) < 4.78 is 0.